The largest absolute Gasteiger partial charge is 0.454 e. The van der Waals surface area contributed by atoms with Gasteiger partial charge in [0.05, 0.1) is 11.9 Å². The summed E-state index contributed by atoms with van der Waals surface area (Å²) in [5.41, 5.74) is 1.61. The van der Waals surface area contributed by atoms with Crippen LogP contribution in [0.25, 0.3) is 0 Å². The maximum atomic E-state index is 11.8. The van der Waals surface area contributed by atoms with Gasteiger partial charge in [0.15, 0.2) is 11.5 Å². The number of ether oxygens (including phenoxy) is 2. The highest BCUT2D eigenvalue weighted by molar-refractivity contribution is 5.88. The van der Waals surface area contributed by atoms with Crippen molar-refractivity contribution in [2.75, 3.05) is 12.1 Å². The van der Waals surface area contributed by atoms with Crippen molar-refractivity contribution in [2.45, 2.75) is 20.0 Å². The lowest BCUT2D eigenvalue weighted by Gasteiger charge is -2.06. The van der Waals surface area contributed by atoms with Crippen molar-refractivity contribution in [3.05, 3.63) is 36.2 Å². The van der Waals surface area contributed by atoms with E-state index >= 15 is 0 Å². The molecule has 0 atom stereocenters. The molecule has 2 heterocycles. The fraction of sp³-hybridized carbons (Fsp3) is 0.286. The van der Waals surface area contributed by atoms with Crippen LogP contribution in [-0.4, -0.2) is 22.6 Å². The number of nitrogens with zero attached hydrogens (tertiary/aromatic N) is 2. The minimum absolute atomic E-state index is 0.244. The number of hydrogen-bond acceptors (Lipinski definition) is 4. The fourth-order valence-electron chi connectivity index (χ4n) is 2.01. The van der Waals surface area contributed by atoms with Crippen LogP contribution in [0.5, 0.6) is 11.5 Å². The molecule has 21 heavy (non-hydrogen) atoms. The predicted octanol–water partition coefficient (Wildman–Crippen LogP) is 1.95. The monoisotopic (exact) mass is 288 g/mol. The Morgan fingerprint density at radius 1 is 1.38 bits per heavy atom. The van der Waals surface area contributed by atoms with E-state index in [0.29, 0.717) is 18.0 Å². The molecule has 0 radical (unpaired) electrons. The van der Waals surface area contributed by atoms with E-state index in [1.54, 1.807) is 17.1 Å². The molecule has 0 fully saturated rings. The number of aromatic nitrogens is 2. The van der Waals surface area contributed by atoms with Crippen LogP contribution in [0.4, 0.5) is 10.5 Å². The Morgan fingerprint density at radius 2 is 2.24 bits per heavy atom. The Hall–Kier alpha value is -2.70. The number of rotatable bonds is 4. The van der Waals surface area contributed by atoms with E-state index < -0.39 is 0 Å². The van der Waals surface area contributed by atoms with Crippen LogP contribution in [0.3, 0.4) is 0 Å². The average Bonchev–Trinajstić information content (AvgIpc) is 3.13. The number of fused-ring (bicyclic) bond motifs is 1. The summed E-state index contributed by atoms with van der Waals surface area (Å²) in [6.45, 7) is 3.40. The molecule has 1 aromatic carbocycles. The first kappa shape index (κ1) is 13.3. The van der Waals surface area contributed by atoms with E-state index in [-0.39, 0.29) is 12.8 Å². The Bertz CT molecular complexity index is 653. The number of amides is 2. The molecular weight excluding hydrogens is 272 g/mol. The molecule has 1 aromatic heterocycles. The van der Waals surface area contributed by atoms with Gasteiger partial charge in [-0.1, -0.05) is 6.07 Å². The van der Waals surface area contributed by atoms with Crippen molar-refractivity contribution in [2.24, 2.45) is 0 Å². The molecule has 0 saturated carbocycles. The second kappa shape index (κ2) is 5.74. The average molecular weight is 288 g/mol. The van der Waals surface area contributed by atoms with Crippen LogP contribution in [0.15, 0.2) is 30.6 Å². The van der Waals surface area contributed by atoms with Crippen molar-refractivity contribution >= 4 is 11.7 Å². The lowest BCUT2D eigenvalue weighted by Crippen LogP contribution is -2.28. The molecule has 0 unspecified atom stereocenters. The number of carbonyl (C=O) groups is 1. The van der Waals surface area contributed by atoms with Gasteiger partial charge in [-0.05, 0) is 24.6 Å². The quantitative estimate of drug-likeness (QED) is 0.901. The second-order valence-corrected chi connectivity index (χ2v) is 4.58. The molecule has 1 aliphatic heterocycles. The van der Waals surface area contributed by atoms with E-state index in [1.807, 2.05) is 25.1 Å². The van der Waals surface area contributed by atoms with Crippen LogP contribution in [0.1, 0.15) is 12.5 Å². The summed E-state index contributed by atoms with van der Waals surface area (Å²) in [5.74, 6) is 1.44. The van der Waals surface area contributed by atoms with Gasteiger partial charge in [-0.15, -0.1) is 0 Å². The molecular formula is C14H16N4O3. The van der Waals surface area contributed by atoms with Crippen molar-refractivity contribution in [1.82, 2.24) is 15.1 Å². The highest BCUT2D eigenvalue weighted by Crippen LogP contribution is 2.32. The Morgan fingerprint density at radius 3 is 3.05 bits per heavy atom. The highest BCUT2D eigenvalue weighted by atomic mass is 16.7. The lowest BCUT2D eigenvalue weighted by atomic mass is 10.2. The lowest BCUT2D eigenvalue weighted by molar-refractivity contribution is 0.174. The first-order valence-corrected chi connectivity index (χ1v) is 6.70. The molecule has 0 spiro atoms. The number of urea groups is 1. The van der Waals surface area contributed by atoms with Crippen molar-refractivity contribution in [3.63, 3.8) is 0 Å². The maximum absolute atomic E-state index is 11.8. The Balaban J connectivity index is 1.53. The summed E-state index contributed by atoms with van der Waals surface area (Å²) in [4.78, 5) is 11.8. The molecule has 110 valence electrons. The van der Waals surface area contributed by atoms with Gasteiger partial charge in [-0.2, -0.15) is 5.10 Å². The summed E-state index contributed by atoms with van der Waals surface area (Å²) in [7, 11) is 0. The van der Waals surface area contributed by atoms with Crippen molar-refractivity contribution in [3.8, 4) is 11.5 Å². The normalized spacial score (nSPS) is 12.2. The first-order chi connectivity index (χ1) is 10.2. The van der Waals surface area contributed by atoms with Gasteiger partial charge in [0.1, 0.15) is 0 Å². The van der Waals surface area contributed by atoms with Crippen LogP contribution in [-0.2, 0) is 13.1 Å². The third-order valence-electron chi connectivity index (χ3n) is 3.11. The van der Waals surface area contributed by atoms with E-state index in [4.69, 9.17) is 9.47 Å². The van der Waals surface area contributed by atoms with E-state index in [2.05, 4.69) is 15.7 Å². The van der Waals surface area contributed by atoms with Gasteiger partial charge in [-0.25, -0.2) is 4.79 Å². The number of carbonyl (C=O) groups excluding carboxylic acids is 1. The zero-order valence-electron chi connectivity index (χ0n) is 11.6. The van der Waals surface area contributed by atoms with Crippen molar-refractivity contribution < 1.29 is 14.3 Å². The van der Waals surface area contributed by atoms with Crippen LogP contribution in [0.2, 0.25) is 0 Å². The Labute approximate surface area is 121 Å². The maximum Gasteiger partial charge on any atom is 0.319 e. The summed E-state index contributed by atoms with van der Waals surface area (Å²) in [6, 6.07) is 5.31. The van der Waals surface area contributed by atoms with Gasteiger partial charge >= 0.3 is 6.03 Å². The van der Waals surface area contributed by atoms with E-state index in [1.165, 1.54) is 0 Å². The minimum Gasteiger partial charge on any atom is -0.454 e. The summed E-state index contributed by atoms with van der Waals surface area (Å²) < 4.78 is 12.3. The fourth-order valence-corrected chi connectivity index (χ4v) is 2.01. The molecule has 2 amide bonds. The van der Waals surface area contributed by atoms with Gasteiger partial charge < -0.3 is 20.1 Å². The zero-order chi connectivity index (χ0) is 14.7. The molecule has 7 nitrogen and oxygen atoms in total. The Kier molecular flexibility index (Phi) is 3.63. The van der Waals surface area contributed by atoms with Gasteiger partial charge in [-0.3, -0.25) is 4.68 Å². The third kappa shape index (κ3) is 3.07. The molecule has 0 bridgehead atoms. The van der Waals surface area contributed by atoms with E-state index in [0.717, 1.165) is 17.9 Å². The van der Waals surface area contributed by atoms with Crippen LogP contribution < -0.4 is 20.1 Å². The number of anilines is 1. The van der Waals surface area contributed by atoms with Crippen LogP contribution in [0, 0.1) is 0 Å². The van der Waals surface area contributed by atoms with Crippen molar-refractivity contribution in [1.29, 1.82) is 0 Å². The molecule has 0 saturated heterocycles. The van der Waals surface area contributed by atoms with E-state index in [9.17, 15) is 4.79 Å². The molecule has 0 aliphatic carbocycles. The molecule has 7 heteroatoms. The predicted molar refractivity (Wildman–Crippen MR) is 76.3 cm³/mol. The first-order valence-electron chi connectivity index (χ1n) is 6.70. The standard InChI is InChI=1S/C14H16N4O3/c1-2-18-8-11(7-16-18)17-14(19)15-6-10-3-4-12-13(5-10)21-9-20-12/h3-5,7-8H,2,6,9H2,1H3,(H2,15,17,19). The number of nitrogens with one attached hydrogen (secondary N) is 2. The topological polar surface area (TPSA) is 77.4 Å². The number of aryl methyl sites for hydroxylation is 1. The second-order valence-electron chi connectivity index (χ2n) is 4.58. The highest BCUT2D eigenvalue weighted by Gasteiger charge is 2.13. The van der Waals surface area contributed by atoms with Crippen LogP contribution >= 0.6 is 0 Å². The van der Waals surface area contributed by atoms with Gasteiger partial charge in [0.25, 0.3) is 0 Å². The molecule has 2 aromatic rings. The smallest absolute Gasteiger partial charge is 0.319 e. The molecule has 1 aliphatic rings. The minimum atomic E-state index is -0.275. The molecule has 3 rings (SSSR count). The summed E-state index contributed by atoms with van der Waals surface area (Å²) in [5, 5.41) is 9.60. The van der Waals surface area contributed by atoms with Gasteiger partial charge in [0, 0.05) is 19.3 Å². The third-order valence-corrected chi connectivity index (χ3v) is 3.11. The summed E-state index contributed by atoms with van der Waals surface area (Å²) >= 11 is 0. The SMILES string of the molecule is CCn1cc(NC(=O)NCc2ccc3c(c2)OCO3)cn1. The van der Waals surface area contributed by atoms with Gasteiger partial charge in [0.2, 0.25) is 6.79 Å². The number of hydrogen-bond donors (Lipinski definition) is 2. The molecule has 2 N–H and O–H groups in total. The number of benzene rings is 1. The zero-order valence-corrected chi connectivity index (χ0v) is 11.6. The summed E-state index contributed by atoms with van der Waals surface area (Å²) in [6.07, 6.45) is 3.39.